The van der Waals surface area contributed by atoms with Gasteiger partial charge in [0.05, 0.1) is 5.92 Å². The fraction of sp³-hybridized carbons (Fsp3) is 0.692. The van der Waals surface area contributed by atoms with Gasteiger partial charge in [-0.05, 0) is 32.6 Å². The standard InChI is InChI=1S/C13H20N4O4/c1-8-15-11(21-17-8)6-7-14-13(20)16-10-4-2-9(3-5-10)12(18)19/h9-10H,2-7H2,1H3,(H,18,19)(H2,14,16,20). The summed E-state index contributed by atoms with van der Waals surface area (Å²) >= 11 is 0. The van der Waals surface area contributed by atoms with Crippen molar-refractivity contribution in [2.45, 2.75) is 45.1 Å². The molecule has 1 aliphatic carbocycles. The van der Waals surface area contributed by atoms with Gasteiger partial charge in [-0.2, -0.15) is 4.98 Å². The molecule has 0 bridgehead atoms. The largest absolute Gasteiger partial charge is 0.481 e. The Hall–Kier alpha value is -2.12. The van der Waals surface area contributed by atoms with Gasteiger partial charge in [0.25, 0.3) is 0 Å². The van der Waals surface area contributed by atoms with Crippen molar-refractivity contribution in [1.82, 2.24) is 20.8 Å². The molecule has 1 heterocycles. The highest BCUT2D eigenvalue weighted by molar-refractivity contribution is 5.74. The Morgan fingerprint density at radius 2 is 2.05 bits per heavy atom. The van der Waals surface area contributed by atoms with E-state index >= 15 is 0 Å². The summed E-state index contributed by atoms with van der Waals surface area (Å²) in [7, 11) is 0. The molecule has 2 amide bonds. The smallest absolute Gasteiger partial charge is 0.315 e. The van der Waals surface area contributed by atoms with Crippen molar-refractivity contribution in [3.05, 3.63) is 11.7 Å². The molecule has 1 saturated carbocycles. The monoisotopic (exact) mass is 296 g/mol. The SMILES string of the molecule is Cc1noc(CCNC(=O)NC2CCC(C(=O)O)CC2)n1. The molecule has 2 rings (SSSR count). The average molecular weight is 296 g/mol. The predicted molar refractivity (Wildman–Crippen MR) is 72.7 cm³/mol. The molecule has 0 spiro atoms. The number of aromatic nitrogens is 2. The van der Waals surface area contributed by atoms with Crippen LogP contribution in [-0.2, 0) is 11.2 Å². The van der Waals surface area contributed by atoms with Crippen molar-refractivity contribution in [1.29, 1.82) is 0 Å². The van der Waals surface area contributed by atoms with E-state index in [0.29, 0.717) is 50.4 Å². The lowest BCUT2D eigenvalue weighted by atomic mass is 9.86. The normalized spacial score (nSPS) is 21.8. The van der Waals surface area contributed by atoms with Crippen molar-refractivity contribution < 1.29 is 19.2 Å². The maximum absolute atomic E-state index is 11.7. The van der Waals surface area contributed by atoms with Gasteiger partial charge < -0.3 is 20.3 Å². The number of carboxylic acid groups (broad SMARTS) is 1. The van der Waals surface area contributed by atoms with Crippen LogP contribution in [0.25, 0.3) is 0 Å². The van der Waals surface area contributed by atoms with Gasteiger partial charge in [-0.1, -0.05) is 5.16 Å². The Balaban J connectivity index is 1.62. The van der Waals surface area contributed by atoms with Crippen LogP contribution in [0.3, 0.4) is 0 Å². The molecule has 1 aromatic rings. The lowest BCUT2D eigenvalue weighted by Crippen LogP contribution is -2.44. The first-order chi connectivity index (χ1) is 10.0. The first-order valence-electron chi connectivity index (χ1n) is 7.11. The highest BCUT2D eigenvalue weighted by Crippen LogP contribution is 2.24. The summed E-state index contributed by atoms with van der Waals surface area (Å²) < 4.78 is 4.94. The summed E-state index contributed by atoms with van der Waals surface area (Å²) in [4.78, 5) is 26.6. The van der Waals surface area contributed by atoms with E-state index in [0.717, 1.165) is 0 Å². The predicted octanol–water partition coefficient (Wildman–Crippen LogP) is 0.863. The number of aryl methyl sites for hydroxylation is 1. The molecule has 0 radical (unpaired) electrons. The molecule has 8 heteroatoms. The van der Waals surface area contributed by atoms with Crippen molar-refractivity contribution >= 4 is 12.0 Å². The molecular formula is C13H20N4O4. The Kier molecular flexibility index (Phi) is 5.13. The summed E-state index contributed by atoms with van der Waals surface area (Å²) in [5, 5.41) is 18.2. The number of hydrogen-bond donors (Lipinski definition) is 3. The molecule has 3 N–H and O–H groups in total. The van der Waals surface area contributed by atoms with E-state index in [1.54, 1.807) is 6.92 Å². The van der Waals surface area contributed by atoms with Crippen LogP contribution < -0.4 is 10.6 Å². The molecular weight excluding hydrogens is 276 g/mol. The summed E-state index contributed by atoms with van der Waals surface area (Å²) in [6.45, 7) is 2.15. The van der Waals surface area contributed by atoms with Gasteiger partial charge in [0.15, 0.2) is 5.82 Å². The third-order valence-electron chi connectivity index (χ3n) is 3.61. The number of amides is 2. The van der Waals surface area contributed by atoms with Gasteiger partial charge in [0, 0.05) is 19.0 Å². The van der Waals surface area contributed by atoms with E-state index in [4.69, 9.17) is 9.63 Å². The van der Waals surface area contributed by atoms with E-state index in [9.17, 15) is 9.59 Å². The second-order valence-electron chi connectivity index (χ2n) is 5.27. The highest BCUT2D eigenvalue weighted by Gasteiger charge is 2.26. The highest BCUT2D eigenvalue weighted by atomic mass is 16.5. The van der Waals surface area contributed by atoms with E-state index in [-0.39, 0.29) is 18.0 Å². The van der Waals surface area contributed by atoms with Crippen LogP contribution in [0.2, 0.25) is 0 Å². The van der Waals surface area contributed by atoms with Gasteiger partial charge in [-0.25, -0.2) is 4.79 Å². The Labute approximate surface area is 122 Å². The Morgan fingerprint density at radius 1 is 1.33 bits per heavy atom. The minimum Gasteiger partial charge on any atom is -0.481 e. The minimum absolute atomic E-state index is 0.0475. The van der Waals surface area contributed by atoms with Gasteiger partial charge in [-0.3, -0.25) is 4.79 Å². The average Bonchev–Trinajstić information content (AvgIpc) is 2.85. The van der Waals surface area contributed by atoms with Crippen LogP contribution in [-0.4, -0.2) is 39.8 Å². The second kappa shape index (κ2) is 7.05. The van der Waals surface area contributed by atoms with Gasteiger partial charge in [0.1, 0.15) is 0 Å². The zero-order valence-electron chi connectivity index (χ0n) is 12.0. The molecule has 1 aromatic heterocycles. The number of aliphatic carboxylic acids is 1. The summed E-state index contributed by atoms with van der Waals surface area (Å²) in [6.07, 6.45) is 3.11. The van der Waals surface area contributed by atoms with Crippen molar-refractivity contribution in [2.75, 3.05) is 6.54 Å². The zero-order valence-corrected chi connectivity index (χ0v) is 12.0. The number of urea groups is 1. The molecule has 1 fully saturated rings. The maximum atomic E-state index is 11.7. The number of carboxylic acids is 1. The number of nitrogens with one attached hydrogen (secondary N) is 2. The molecule has 1 aliphatic rings. The van der Waals surface area contributed by atoms with Crippen LogP contribution in [0.4, 0.5) is 4.79 Å². The number of carbonyl (C=O) groups is 2. The van der Waals surface area contributed by atoms with E-state index in [1.165, 1.54) is 0 Å². The molecule has 0 aromatic carbocycles. The molecule has 0 saturated heterocycles. The molecule has 21 heavy (non-hydrogen) atoms. The number of carbonyl (C=O) groups excluding carboxylic acids is 1. The first-order valence-corrected chi connectivity index (χ1v) is 7.11. The van der Waals surface area contributed by atoms with E-state index in [2.05, 4.69) is 20.8 Å². The van der Waals surface area contributed by atoms with E-state index in [1.807, 2.05) is 0 Å². The first kappa shape index (κ1) is 15.3. The van der Waals surface area contributed by atoms with Crippen molar-refractivity contribution in [3.63, 3.8) is 0 Å². The third kappa shape index (κ3) is 4.73. The number of nitrogens with zero attached hydrogens (tertiary/aromatic N) is 2. The van der Waals surface area contributed by atoms with Gasteiger partial charge >= 0.3 is 12.0 Å². The quantitative estimate of drug-likeness (QED) is 0.742. The van der Waals surface area contributed by atoms with Crippen LogP contribution >= 0.6 is 0 Å². The Bertz CT molecular complexity index is 494. The van der Waals surface area contributed by atoms with Crippen molar-refractivity contribution in [3.8, 4) is 0 Å². The molecule has 116 valence electrons. The van der Waals surface area contributed by atoms with Gasteiger partial charge in [-0.15, -0.1) is 0 Å². The minimum atomic E-state index is -0.743. The zero-order chi connectivity index (χ0) is 15.2. The summed E-state index contributed by atoms with van der Waals surface area (Å²) in [5.41, 5.74) is 0. The lowest BCUT2D eigenvalue weighted by Gasteiger charge is -2.26. The topological polar surface area (TPSA) is 117 Å². The lowest BCUT2D eigenvalue weighted by molar-refractivity contribution is -0.142. The van der Waals surface area contributed by atoms with Crippen LogP contribution in [0, 0.1) is 12.8 Å². The fourth-order valence-electron chi connectivity index (χ4n) is 2.45. The summed E-state index contributed by atoms with van der Waals surface area (Å²) in [5.74, 6) is 0.0547. The van der Waals surface area contributed by atoms with Crippen LogP contribution in [0.1, 0.15) is 37.4 Å². The van der Waals surface area contributed by atoms with Gasteiger partial charge in [0.2, 0.25) is 5.89 Å². The second-order valence-corrected chi connectivity index (χ2v) is 5.27. The maximum Gasteiger partial charge on any atom is 0.315 e. The van der Waals surface area contributed by atoms with Crippen molar-refractivity contribution in [2.24, 2.45) is 5.92 Å². The molecule has 8 nitrogen and oxygen atoms in total. The summed E-state index contributed by atoms with van der Waals surface area (Å²) in [6, 6.07) is -0.198. The number of hydrogen-bond acceptors (Lipinski definition) is 5. The van der Waals surface area contributed by atoms with Crippen LogP contribution in [0.5, 0.6) is 0 Å². The molecule has 0 atom stereocenters. The molecule has 0 unspecified atom stereocenters. The molecule has 0 aliphatic heterocycles. The number of rotatable bonds is 5. The van der Waals surface area contributed by atoms with Crippen LogP contribution in [0.15, 0.2) is 4.52 Å². The Morgan fingerprint density at radius 3 is 2.62 bits per heavy atom. The third-order valence-corrected chi connectivity index (χ3v) is 3.61. The fourth-order valence-corrected chi connectivity index (χ4v) is 2.45. The van der Waals surface area contributed by atoms with E-state index < -0.39 is 5.97 Å².